The van der Waals surface area contributed by atoms with Crippen LogP contribution in [0.4, 0.5) is 5.82 Å². The predicted molar refractivity (Wildman–Crippen MR) is 117 cm³/mol. The number of benzene rings is 1. The van der Waals surface area contributed by atoms with Crippen LogP contribution in [0.3, 0.4) is 0 Å². The zero-order chi connectivity index (χ0) is 20.4. The van der Waals surface area contributed by atoms with E-state index in [1.165, 1.54) is 4.70 Å². The number of hydrogen-bond donors (Lipinski definition) is 1. The molecule has 0 saturated carbocycles. The molecule has 154 valence electrons. The fraction of sp³-hybridized carbons (Fsp3) is 0.476. The van der Waals surface area contributed by atoms with Crippen molar-refractivity contribution >= 4 is 33.3 Å². The van der Waals surface area contributed by atoms with Crippen LogP contribution in [0.25, 0.3) is 10.2 Å². The molecule has 1 atom stereocenters. The number of nitrogens with one attached hydrogen (secondary N) is 1. The fourth-order valence-corrected chi connectivity index (χ4v) is 4.72. The lowest BCUT2D eigenvalue weighted by Gasteiger charge is -2.37. The van der Waals surface area contributed by atoms with Gasteiger partial charge in [0.25, 0.3) is 0 Å². The summed E-state index contributed by atoms with van der Waals surface area (Å²) in [6.45, 7) is 10.6. The number of carbonyl (C=O) groups excluding carboxylic acids is 1. The second-order valence-electron chi connectivity index (χ2n) is 7.81. The minimum atomic E-state index is -0.171. The van der Waals surface area contributed by atoms with Gasteiger partial charge in [0.1, 0.15) is 10.8 Å². The van der Waals surface area contributed by atoms with Gasteiger partial charge < -0.3 is 5.32 Å². The van der Waals surface area contributed by atoms with Crippen molar-refractivity contribution in [3.8, 4) is 0 Å². The van der Waals surface area contributed by atoms with Crippen LogP contribution < -0.4 is 5.32 Å². The first kappa shape index (κ1) is 20.0. The smallest absolute Gasteiger partial charge is 0.242 e. The average Bonchev–Trinajstić information content (AvgIpc) is 3.34. The Morgan fingerprint density at radius 2 is 1.90 bits per heavy atom. The lowest BCUT2D eigenvalue weighted by atomic mass is 10.2. The molecule has 1 N–H and O–H groups in total. The van der Waals surface area contributed by atoms with Gasteiger partial charge in [-0.15, -0.1) is 11.3 Å². The maximum Gasteiger partial charge on any atom is 0.242 e. The Morgan fingerprint density at radius 3 is 2.62 bits per heavy atom. The number of fused-ring (bicyclic) bond motifs is 1. The summed E-state index contributed by atoms with van der Waals surface area (Å²) in [5.41, 5.74) is 1.08. The van der Waals surface area contributed by atoms with E-state index in [9.17, 15) is 4.79 Å². The topological polar surface area (TPSA) is 66.3 Å². The van der Waals surface area contributed by atoms with Gasteiger partial charge in [0.2, 0.25) is 5.91 Å². The molecule has 3 aromatic rings. The number of amides is 1. The van der Waals surface area contributed by atoms with E-state index >= 15 is 0 Å². The van der Waals surface area contributed by atoms with Crippen LogP contribution in [-0.4, -0.2) is 62.7 Å². The Bertz CT molecular complexity index is 939. The molecular formula is C21H28N6OS. The Kier molecular flexibility index (Phi) is 5.94. The van der Waals surface area contributed by atoms with Crippen LogP contribution in [0, 0.1) is 0 Å². The highest BCUT2D eigenvalue weighted by molar-refractivity contribution is 7.18. The van der Waals surface area contributed by atoms with Crippen LogP contribution in [0.15, 0.2) is 36.5 Å². The molecule has 0 radical (unpaired) electrons. The molecule has 29 heavy (non-hydrogen) atoms. The lowest BCUT2D eigenvalue weighted by molar-refractivity contribution is -0.121. The van der Waals surface area contributed by atoms with E-state index in [1.807, 2.05) is 23.7 Å². The Balaban J connectivity index is 1.30. The number of para-hydroxylation sites is 1. The first-order chi connectivity index (χ1) is 14.0. The number of carbonyl (C=O) groups is 1. The Labute approximate surface area is 175 Å². The number of aromatic nitrogens is 3. The molecule has 1 aromatic carbocycles. The number of rotatable bonds is 6. The first-order valence-corrected chi connectivity index (χ1v) is 11.0. The molecule has 1 aliphatic heterocycles. The summed E-state index contributed by atoms with van der Waals surface area (Å²) in [5.74, 6) is 0.776. The van der Waals surface area contributed by atoms with E-state index in [-0.39, 0.29) is 18.0 Å². The Morgan fingerprint density at radius 1 is 1.14 bits per heavy atom. The third-order valence-electron chi connectivity index (χ3n) is 5.44. The van der Waals surface area contributed by atoms with Crippen LogP contribution in [0.1, 0.15) is 31.8 Å². The van der Waals surface area contributed by atoms with E-state index in [4.69, 9.17) is 4.98 Å². The molecule has 1 fully saturated rings. The zero-order valence-corrected chi connectivity index (χ0v) is 18.0. The number of nitrogens with zero attached hydrogens (tertiary/aromatic N) is 5. The third-order valence-corrected chi connectivity index (χ3v) is 6.46. The van der Waals surface area contributed by atoms with Gasteiger partial charge in [-0.1, -0.05) is 12.1 Å². The van der Waals surface area contributed by atoms with Gasteiger partial charge in [-0.3, -0.25) is 14.6 Å². The highest BCUT2D eigenvalue weighted by Crippen LogP contribution is 2.23. The van der Waals surface area contributed by atoms with E-state index < -0.39 is 0 Å². The molecule has 1 saturated heterocycles. The Hall–Kier alpha value is -2.29. The van der Waals surface area contributed by atoms with Crippen LogP contribution in [0.2, 0.25) is 0 Å². The van der Waals surface area contributed by atoms with Crippen molar-refractivity contribution in [2.24, 2.45) is 0 Å². The summed E-state index contributed by atoms with van der Waals surface area (Å²) in [6, 6.07) is 10.2. The van der Waals surface area contributed by atoms with Gasteiger partial charge in [0.15, 0.2) is 0 Å². The van der Waals surface area contributed by atoms with Gasteiger partial charge in [-0.25, -0.2) is 9.67 Å². The fourth-order valence-electron chi connectivity index (χ4n) is 3.71. The first-order valence-electron chi connectivity index (χ1n) is 10.2. The van der Waals surface area contributed by atoms with Gasteiger partial charge in [-0.2, -0.15) is 5.10 Å². The maximum atomic E-state index is 12.7. The van der Waals surface area contributed by atoms with Crippen molar-refractivity contribution in [1.29, 1.82) is 0 Å². The summed E-state index contributed by atoms with van der Waals surface area (Å²) >= 11 is 1.77. The van der Waals surface area contributed by atoms with E-state index in [0.717, 1.165) is 49.1 Å². The molecule has 0 spiro atoms. The minimum absolute atomic E-state index is 0.0204. The number of hydrogen-bond acceptors (Lipinski definition) is 6. The van der Waals surface area contributed by atoms with Crippen molar-refractivity contribution in [3.63, 3.8) is 0 Å². The molecule has 0 bridgehead atoms. The summed E-state index contributed by atoms with van der Waals surface area (Å²) in [4.78, 5) is 22.2. The molecule has 1 aliphatic rings. The highest BCUT2D eigenvalue weighted by atomic mass is 32.1. The number of thiazole rings is 1. The monoisotopic (exact) mass is 412 g/mol. The molecule has 1 unspecified atom stereocenters. The van der Waals surface area contributed by atoms with Crippen molar-refractivity contribution < 1.29 is 4.79 Å². The number of anilines is 1. The lowest BCUT2D eigenvalue weighted by Crippen LogP contribution is -2.52. The largest absolute Gasteiger partial charge is 0.310 e. The summed E-state index contributed by atoms with van der Waals surface area (Å²) in [6.07, 6.45) is 1.72. The van der Waals surface area contributed by atoms with Gasteiger partial charge in [-0.05, 0) is 32.9 Å². The number of piperazine rings is 1. The molecule has 2 aromatic heterocycles. The normalized spacial score (nSPS) is 17.1. The standard InChI is InChI=1S/C21H28N6OS/c1-15(2)27-19(8-9-22-27)24-21(28)16(3)26-12-10-25(11-13-26)14-20-23-17-6-4-5-7-18(17)29-20/h4-9,15-16H,10-14H2,1-3H3,(H,24,28). The SMILES string of the molecule is CC(C(=O)Nc1ccnn1C(C)C)N1CCN(Cc2nc3ccccc3s2)CC1. The van der Waals surface area contributed by atoms with Gasteiger partial charge in [0.05, 0.1) is 29.0 Å². The van der Waals surface area contributed by atoms with E-state index in [0.29, 0.717) is 0 Å². The van der Waals surface area contributed by atoms with Crippen molar-refractivity contribution in [2.45, 2.75) is 39.4 Å². The van der Waals surface area contributed by atoms with Crippen LogP contribution in [0.5, 0.6) is 0 Å². The van der Waals surface area contributed by atoms with Gasteiger partial charge in [0, 0.05) is 38.3 Å². The quantitative estimate of drug-likeness (QED) is 0.673. The second-order valence-corrected chi connectivity index (χ2v) is 8.92. The molecule has 8 heteroatoms. The molecule has 0 aliphatic carbocycles. The predicted octanol–water partition coefficient (Wildman–Crippen LogP) is 3.22. The van der Waals surface area contributed by atoms with Crippen molar-refractivity contribution in [1.82, 2.24) is 24.6 Å². The third kappa shape index (κ3) is 4.49. The molecular weight excluding hydrogens is 384 g/mol. The molecule has 7 nitrogen and oxygen atoms in total. The van der Waals surface area contributed by atoms with Crippen LogP contribution >= 0.6 is 11.3 Å². The molecule has 4 rings (SSSR count). The molecule has 1 amide bonds. The second kappa shape index (κ2) is 8.61. The van der Waals surface area contributed by atoms with E-state index in [1.54, 1.807) is 17.5 Å². The summed E-state index contributed by atoms with van der Waals surface area (Å²) in [7, 11) is 0. The van der Waals surface area contributed by atoms with Crippen molar-refractivity contribution in [3.05, 3.63) is 41.5 Å². The summed E-state index contributed by atoms with van der Waals surface area (Å²) in [5, 5.41) is 8.48. The highest BCUT2D eigenvalue weighted by Gasteiger charge is 2.26. The van der Waals surface area contributed by atoms with Crippen molar-refractivity contribution in [2.75, 3.05) is 31.5 Å². The van der Waals surface area contributed by atoms with Crippen LogP contribution in [-0.2, 0) is 11.3 Å². The zero-order valence-electron chi connectivity index (χ0n) is 17.2. The summed E-state index contributed by atoms with van der Waals surface area (Å²) < 4.78 is 3.08. The molecule has 3 heterocycles. The van der Waals surface area contributed by atoms with E-state index in [2.05, 4.69) is 52.3 Å². The minimum Gasteiger partial charge on any atom is -0.310 e. The maximum absolute atomic E-state index is 12.7. The average molecular weight is 413 g/mol. The van der Waals surface area contributed by atoms with Gasteiger partial charge >= 0.3 is 0 Å².